The molecule has 0 heterocycles. The average Bonchev–Trinajstić information content (AvgIpc) is 2.19. The van der Waals surface area contributed by atoms with Crippen molar-refractivity contribution in [3.63, 3.8) is 0 Å². The molecule has 0 radical (unpaired) electrons. The van der Waals surface area contributed by atoms with Crippen molar-refractivity contribution in [2.24, 2.45) is 0 Å². The number of carbonyl (C=O) groups is 3. The lowest BCUT2D eigenvalue weighted by Gasteiger charge is -2.20. The van der Waals surface area contributed by atoms with Crippen LogP contribution in [0.2, 0.25) is 5.02 Å². The Morgan fingerprint density at radius 1 is 1.11 bits per heavy atom. The molecule has 18 heavy (non-hydrogen) atoms. The van der Waals surface area contributed by atoms with Crippen molar-refractivity contribution >= 4 is 40.7 Å². The summed E-state index contributed by atoms with van der Waals surface area (Å²) in [5.74, 6) is -1.18. The molecule has 0 bridgehead atoms. The summed E-state index contributed by atoms with van der Waals surface area (Å²) in [6.07, 6.45) is 0. The van der Waals surface area contributed by atoms with E-state index in [9.17, 15) is 14.4 Å². The fraction of sp³-hybridized carbons (Fsp3) is 0.250. The molecule has 0 aliphatic heterocycles. The molecule has 0 spiro atoms. The molecule has 1 aromatic rings. The molecule has 5 nitrogen and oxygen atoms in total. The second-order valence-corrected chi connectivity index (χ2v) is 4.15. The molecule has 0 fully saturated rings. The third kappa shape index (κ3) is 3.30. The SMILES string of the molecule is CC(=O)Nc1cc(Cl)ccc1N(C(C)=O)C(C)=O. The van der Waals surface area contributed by atoms with Crippen LogP contribution < -0.4 is 10.2 Å². The Morgan fingerprint density at radius 2 is 1.67 bits per heavy atom. The van der Waals surface area contributed by atoms with Gasteiger partial charge in [0.1, 0.15) is 0 Å². The van der Waals surface area contributed by atoms with Crippen LogP contribution in [-0.4, -0.2) is 17.7 Å². The average molecular weight is 269 g/mol. The number of nitrogens with zero attached hydrogens (tertiary/aromatic N) is 1. The highest BCUT2D eigenvalue weighted by molar-refractivity contribution is 6.31. The lowest BCUT2D eigenvalue weighted by molar-refractivity contribution is -0.124. The van der Waals surface area contributed by atoms with Gasteiger partial charge < -0.3 is 5.32 Å². The summed E-state index contributed by atoms with van der Waals surface area (Å²) in [6, 6.07) is 4.54. The van der Waals surface area contributed by atoms with Crippen LogP contribution >= 0.6 is 11.6 Å². The largest absolute Gasteiger partial charge is 0.324 e. The van der Waals surface area contributed by atoms with Gasteiger partial charge in [0.2, 0.25) is 17.7 Å². The Morgan fingerprint density at radius 3 is 2.11 bits per heavy atom. The van der Waals surface area contributed by atoms with Gasteiger partial charge in [0.15, 0.2) is 0 Å². The highest BCUT2D eigenvalue weighted by Crippen LogP contribution is 2.29. The normalized spacial score (nSPS) is 9.78. The fourth-order valence-corrected chi connectivity index (χ4v) is 1.73. The Hall–Kier alpha value is -1.88. The minimum absolute atomic E-state index is 0.301. The van der Waals surface area contributed by atoms with Crippen molar-refractivity contribution in [1.29, 1.82) is 0 Å². The minimum atomic E-state index is -0.434. The second kappa shape index (κ2) is 5.64. The summed E-state index contributed by atoms with van der Waals surface area (Å²) in [4.78, 5) is 35.0. The number of anilines is 2. The number of imide groups is 1. The topological polar surface area (TPSA) is 66.5 Å². The quantitative estimate of drug-likeness (QED) is 0.894. The molecule has 0 aliphatic rings. The van der Waals surface area contributed by atoms with E-state index in [1.54, 1.807) is 6.07 Å². The van der Waals surface area contributed by atoms with E-state index in [0.29, 0.717) is 16.4 Å². The summed E-state index contributed by atoms with van der Waals surface area (Å²) >= 11 is 5.82. The number of hydrogen-bond donors (Lipinski definition) is 1. The van der Waals surface area contributed by atoms with Crippen molar-refractivity contribution < 1.29 is 14.4 Å². The van der Waals surface area contributed by atoms with Crippen molar-refractivity contribution in [3.8, 4) is 0 Å². The zero-order valence-corrected chi connectivity index (χ0v) is 11.0. The molecule has 0 saturated carbocycles. The highest BCUT2D eigenvalue weighted by atomic mass is 35.5. The summed E-state index contributed by atoms with van der Waals surface area (Å²) in [6.45, 7) is 3.87. The second-order valence-electron chi connectivity index (χ2n) is 3.72. The minimum Gasteiger partial charge on any atom is -0.324 e. The lowest BCUT2D eigenvalue weighted by Crippen LogP contribution is -2.33. The maximum Gasteiger partial charge on any atom is 0.230 e. The van der Waals surface area contributed by atoms with E-state index < -0.39 is 11.8 Å². The first-order valence-corrected chi connectivity index (χ1v) is 5.59. The van der Waals surface area contributed by atoms with E-state index in [-0.39, 0.29) is 5.91 Å². The Balaban J connectivity index is 3.32. The van der Waals surface area contributed by atoms with Gasteiger partial charge in [-0.15, -0.1) is 0 Å². The van der Waals surface area contributed by atoms with Gasteiger partial charge in [0.25, 0.3) is 0 Å². The molecule has 0 aliphatic carbocycles. The molecular weight excluding hydrogens is 256 g/mol. The number of carbonyl (C=O) groups excluding carboxylic acids is 3. The fourth-order valence-electron chi connectivity index (χ4n) is 1.55. The van der Waals surface area contributed by atoms with Crippen LogP contribution in [0.1, 0.15) is 20.8 Å². The molecule has 6 heteroatoms. The van der Waals surface area contributed by atoms with Crippen molar-refractivity contribution in [3.05, 3.63) is 23.2 Å². The molecular formula is C12H13ClN2O3. The van der Waals surface area contributed by atoms with E-state index in [2.05, 4.69) is 5.32 Å². The summed E-state index contributed by atoms with van der Waals surface area (Å²) in [5, 5.41) is 2.93. The van der Waals surface area contributed by atoms with E-state index in [1.807, 2.05) is 0 Å². The van der Waals surface area contributed by atoms with E-state index >= 15 is 0 Å². The molecule has 1 aromatic carbocycles. The lowest BCUT2D eigenvalue weighted by atomic mass is 10.2. The van der Waals surface area contributed by atoms with Crippen LogP contribution in [0.3, 0.4) is 0 Å². The van der Waals surface area contributed by atoms with Gasteiger partial charge in [-0.3, -0.25) is 14.4 Å². The molecule has 0 aromatic heterocycles. The van der Waals surface area contributed by atoms with Gasteiger partial charge in [-0.1, -0.05) is 11.6 Å². The standard InChI is InChI=1S/C12H13ClN2O3/c1-7(16)14-11-6-10(13)4-5-12(11)15(8(2)17)9(3)18/h4-6H,1-3H3,(H,14,16). The van der Waals surface area contributed by atoms with Crippen LogP contribution in [0.4, 0.5) is 11.4 Å². The van der Waals surface area contributed by atoms with Crippen LogP contribution in [0.25, 0.3) is 0 Å². The third-order valence-corrected chi connectivity index (χ3v) is 2.38. The first-order valence-electron chi connectivity index (χ1n) is 5.21. The van der Waals surface area contributed by atoms with E-state index in [0.717, 1.165) is 4.90 Å². The van der Waals surface area contributed by atoms with Crippen molar-refractivity contribution in [2.45, 2.75) is 20.8 Å². The van der Waals surface area contributed by atoms with E-state index in [1.165, 1.54) is 32.9 Å². The monoisotopic (exact) mass is 268 g/mol. The van der Waals surface area contributed by atoms with Gasteiger partial charge in [0.05, 0.1) is 11.4 Å². The smallest absolute Gasteiger partial charge is 0.230 e. The first kappa shape index (κ1) is 14.2. The van der Waals surface area contributed by atoms with Gasteiger partial charge in [-0.25, -0.2) is 4.90 Å². The summed E-state index contributed by atoms with van der Waals surface area (Å²) in [7, 11) is 0. The Kier molecular flexibility index (Phi) is 4.44. The Labute approximate surface area is 110 Å². The predicted molar refractivity (Wildman–Crippen MR) is 69.6 cm³/mol. The first-order chi connectivity index (χ1) is 8.32. The van der Waals surface area contributed by atoms with Crippen LogP contribution in [0.15, 0.2) is 18.2 Å². The maximum atomic E-state index is 11.5. The van der Waals surface area contributed by atoms with Crippen molar-refractivity contribution in [1.82, 2.24) is 0 Å². The number of hydrogen-bond acceptors (Lipinski definition) is 3. The number of rotatable bonds is 2. The molecule has 1 rings (SSSR count). The van der Waals surface area contributed by atoms with E-state index in [4.69, 9.17) is 11.6 Å². The number of amides is 3. The Bertz CT molecular complexity index is 500. The van der Waals surface area contributed by atoms with Gasteiger partial charge in [0, 0.05) is 25.8 Å². The highest BCUT2D eigenvalue weighted by Gasteiger charge is 2.20. The zero-order chi connectivity index (χ0) is 13.9. The molecule has 0 unspecified atom stereocenters. The molecule has 3 amide bonds. The molecule has 0 saturated heterocycles. The predicted octanol–water partition coefficient (Wildman–Crippen LogP) is 2.20. The summed E-state index contributed by atoms with van der Waals surface area (Å²) < 4.78 is 0. The van der Waals surface area contributed by atoms with Crippen LogP contribution in [0.5, 0.6) is 0 Å². The molecule has 0 atom stereocenters. The van der Waals surface area contributed by atoms with Gasteiger partial charge in [-0.05, 0) is 18.2 Å². The number of benzene rings is 1. The van der Waals surface area contributed by atoms with Gasteiger partial charge in [-0.2, -0.15) is 0 Å². The van der Waals surface area contributed by atoms with Gasteiger partial charge >= 0.3 is 0 Å². The molecule has 1 N–H and O–H groups in total. The third-order valence-electron chi connectivity index (χ3n) is 2.14. The van der Waals surface area contributed by atoms with Crippen molar-refractivity contribution in [2.75, 3.05) is 10.2 Å². The number of nitrogens with one attached hydrogen (secondary N) is 1. The maximum absolute atomic E-state index is 11.5. The zero-order valence-electron chi connectivity index (χ0n) is 10.3. The number of halogens is 1. The molecule has 96 valence electrons. The van der Waals surface area contributed by atoms with Crippen LogP contribution in [0, 0.1) is 0 Å². The van der Waals surface area contributed by atoms with Crippen LogP contribution in [-0.2, 0) is 14.4 Å². The summed E-state index contributed by atoms with van der Waals surface area (Å²) in [5.41, 5.74) is 0.620.